The maximum absolute atomic E-state index is 13.2. The monoisotopic (exact) mass is 401 g/mol. The molecule has 1 aromatic rings. The third-order valence-electron chi connectivity index (χ3n) is 7.43. The SMILES string of the molecule is CCn1c(C)cc(C(=O)N2CCC3(CCC(=O)N(C[C@H]4CCCO4)C3)CC2)c1C. The molecule has 6 heteroatoms. The minimum atomic E-state index is 0.163. The van der Waals surface area contributed by atoms with Crippen molar-refractivity contribution in [2.45, 2.75) is 71.9 Å². The first kappa shape index (κ1) is 20.5. The first-order chi connectivity index (χ1) is 13.9. The molecule has 0 aromatic carbocycles. The summed E-state index contributed by atoms with van der Waals surface area (Å²) in [5, 5.41) is 0. The van der Waals surface area contributed by atoms with E-state index in [1.54, 1.807) is 0 Å². The maximum atomic E-state index is 13.2. The Morgan fingerprint density at radius 1 is 1.24 bits per heavy atom. The summed E-state index contributed by atoms with van der Waals surface area (Å²) < 4.78 is 7.96. The van der Waals surface area contributed by atoms with Crippen molar-refractivity contribution >= 4 is 11.8 Å². The highest BCUT2D eigenvalue weighted by atomic mass is 16.5. The molecular formula is C23H35N3O3. The highest BCUT2D eigenvalue weighted by molar-refractivity contribution is 5.95. The molecule has 3 aliphatic heterocycles. The molecule has 0 aliphatic carbocycles. The highest BCUT2D eigenvalue weighted by Gasteiger charge is 2.42. The van der Waals surface area contributed by atoms with Gasteiger partial charge in [-0.3, -0.25) is 9.59 Å². The van der Waals surface area contributed by atoms with Crippen LogP contribution >= 0.6 is 0 Å². The van der Waals surface area contributed by atoms with E-state index >= 15 is 0 Å². The van der Waals surface area contributed by atoms with Crippen LogP contribution in [0.5, 0.6) is 0 Å². The second-order valence-corrected chi connectivity index (χ2v) is 9.23. The van der Waals surface area contributed by atoms with Crippen molar-refractivity contribution < 1.29 is 14.3 Å². The Balaban J connectivity index is 1.39. The van der Waals surface area contributed by atoms with Crippen LogP contribution in [0.1, 0.15) is 67.2 Å². The van der Waals surface area contributed by atoms with Gasteiger partial charge in [0.2, 0.25) is 5.91 Å². The Bertz CT molecular complexity index is 771. The summed E-state index contributed by atoms with van der Waals surface area (Å²) in [6.07, 6.45) is 5.95. The first-order valence-electron chi connectivity index (χ1n) is 11.3. The number of likely N-dealkylation sites (tertiary alicyclic amines) is 2. The molecule has 6 nitrogen and oxygen atoms in total. The summed E-state index contributed by atoms with van der Waals surface area (Å²) in [6, 6.07) is 2.04. The number of carbonyl (C=O) groups excluding carboxylic acids is 2. The van der Waals surface area contributed by atoms with Gasteiger partial charge in [-0.1, -0.05) is 0 Å². The number of aryl methyl sites for hydroxylation is 1. The summed E-state index contributed by atoms with van der Waals surface area (Å²) in [5.74, 6) is 0.437. The number of rotatable bonds is 4. The topological polar surface area (TPSA) is 54.8 Å². The number of nitrogens with zero attached hydrogens (tertiary/aromatic N) is 3. The molecule has 3 saturated heterocycles. The highest BCUT2D eigenvalue weighted by Crippen LogP contribution is 2.41. The van der Waals surface area contributed by atoms with Gasteiger partial charge in [0.25, 0.3) is 5.91 Å². The quantitative estimate of drug-likeness (QED) is 0.779. The summed E-state index contributed by atoms with van der Waals surface area (Å²) in [4.78, 5) is 29.7. The van der Waals surface area contributed by atoms with Crippen LogP contribution in [0.4, 0.5) is 0 Å². The van der Waals surface area contributed by atoms with E-state index in [4.69, 9.17) is 4.74 Å². The third-order valence-corrected chi connectivity index (χ3v) is 7.43. The van der Waals surface area contributed by atoms with Gasteiger partial charge in [0.15, 0.2) is 0 Å². The zero-order valence-corrected chi connectivity index (χ0v) is 18.2. The van der Waals surface area contributed by atoms with Crippen LogP contribution in [-0.4, -0.2) is 65.1 Å². The molecule has 1 aromatic heterocycles. The number of piperidine rings is 2. The molecule has 3 fully saturated rings. The zero-order valence-electron chi connectivity index (χ0n) is 18.2. The third kappa shape index (κ3) is 3.96. The van der Waals surface area contributed by atoms with Gasteiger partial charge in [-0.2, -0.15) is 0 Å². The molecule has 0 saturated carbocycles. The second-order valence-electron chi connectivity index (χ2n) is 9.23. The van der Waals surface area contributed by atoms with Gasteiger partial charge in [-0.25, -0.2) is 0 Å². The fourth-order valence-electron chi connectivity index (χ4n) is 5.57. The number of hydrogen-bond donors (Lipinski definition) is 0. The van der Waals surface area contributed by atoms with Crippen molar-refractivity contribution in [1.29, 1.82) is 0 Å². The van der Waals surface area contributed by atoms with Crippen molar-refractivity contribution in [3.63, 3.8) is 0 Å². The molecule has 0 unspecified atom stereocenters. The van der Waals surface area contributed by atoms with Gasteiger partial charge in [0, 0.05) is 57.1 Å². The smallest absolute Gasteiger partial charge is 0.255 e. The molecule has 160 valence electrons. The summed E-state index contributed by atoms with van der Waals surface area (Å²) in [6.45, 7) is 11.1. The number of amides is 2. The van der Waals surface area contributed by atoms with Crippen LogP contribution < -0.4 is 0 Å². The second kappa shape index (κ2) is 8.13. The van der Waals surface area contributed by atoms with E-state index < -0.39 is 0 Å². The number of aromatic nitrogens is 1. The molecule has 4 heterocycles. The lowest BCUT2D eigenvalue weighted by Crippen LogP contribution is -2.53. The standard InChI is InChI=1S/C23H35N3O3/c1-4-26-17(2)14-20(18(26)3)22(28)24-11-9-23(10-12-24)8-7-21(27)25(16-23)15-19-6-5-13-29-19/h14,19H,4-13,15-16H2,1-3H3/t19-/m1/s1. The van der Waals surface area contributed by atoms with Crippen molar-refractivity contribution in [3.05, 3.63) is 23.0 Å². The van der Waals surface area contributed by atoms with E-state index in [0.717, 1.165) is 88.4 Å². The van der Waals surface area contributed by atoms with E-state index in [0.29, 0.717) is 6.42 Å². The van der Waals surface area contributed by atoms with Crippen LogP contribution in [0.15, 0.2) is 6.07 Å². The van der Waals surface area contributed by atoms with Gasteiger partial charge in [0.1, 0.15) is 0 Å². The van der Waals surface area contributed by atoms with E-state index in [9.17, 15) is 9.59 Å². The summed E-state index contributed by atoms with van der Waals surface area (Å²) in [5.41, 5.74) is 3.24. The molecule has 1 atom stereocenters. The lowest BCUT2D eigenvalue weighted by atomic mass is 9.72. The van der Waals surface area contributed by atoms with E-state index in [2.05, 4.69) is 18.4 Å². The molecule has 0 N–H and O–H groups in total. The van der Waals surface area contributed by atoms with Crippen LogP contribution in [0.3, 0.4) is 0 Å². The van der Waals surface area contributed by atoms with E-state index in [1.165, 1.54) is 0 Å². The molecular weight excluding hydrogens is 366 g/mol. The van der Waals surface area contributed by atoms with Gasteiger partial charge >= 0.3 is 0 Å². The molecule has 2 amide bonds. The van der Waals surface area contributed by atoms with Crippen molar-refractivity contribution in [2.24, 2.45) is 5.41 Å². The molecule has 1 spiro atoms. The van der Waals surface area contributed by atoms with Gasteiger partial charge in [-0.05, 0) is 64.4 Å². The molecule has 0 radical (unpaired) electrons. The summed E-state index contributed by atoms with van der Waals surface area (Å²) >= 11 is 0. The largest absolute Gasteiger partial charge is 0.376 e. The maximum Gasteiger partial charge on any atom is 0.255 e. The predicted octanol–water partition coefficient (Wildman–Crippen LogP) is 3.15. The fraction of sp³-hybridized carbons (Fsp3) is 0.739. The van der Waals surface area contributed by atoms with Crippen molar-refractivity contribution in [3.8, 4) is 0 Å². The van der Waals surface area contributed by atoms with Crippen molar-refractivity contribution in [2.75, 3.05) is 32.8 Å². The van der Waals surface area contributed by atoms with Gasteiger partial charge in [0.05, 0.1) is 11.7 Å². The zero-order chi connectivity index (χ0) is 20.6. The van der Waals surface area contributed by atoms with E-state index in [-0.39, 0.29) is 23.3 Å². The molecule has 4 rings (SSSR count). The normalized spacial score (nSPS) is 24.5. The minimum Gasteiger partial charge on any atom is -0.376 e. The Labute approximate surface area is 174 Å². The predicted molar refractivity (Wildman–Crippen MR) is 112 cm³/mol. The molecule has 0 bridgehead atoms. The summed E-state index contributed by atoms with van der Waals surface area (Å²) in [7, 11) is 0. The fourth-order valence-corrected chi connectivity index (χ4v) is 5.57. The van der Waals surface area contributed by atoms with E-state index in [1.807, 2.05) is 22.8 Å². The molecule has 29 heavy (non-hydrogen) atoms. The number of hydrogen-bond acceptors (Lipinski definition) is 3. The van der Waals surface area contributed by atoms with Crippen LogP contribution in [0.2, 0.25) is 0 Å². The number of carbonyl (C=O) groups is 2. The average molecular weight is 402 g/mol. The van der Waals surface area contributed by atoms with Gasteiger partial charge < -0.3 is 19.1 Å². The Morgan fingerprint density at radius 3 is 2.62 bits per heavy atom. The van der Waals surface area contributed by atoms with Crippen LogP contribution in [0.25, 0.3) is 0 Å². The van der Waals surface area contributed by atoms with Crippen molar-refractivity contribution in [1.82, 2.24) is 14.4 Å². The molecule has 3 aliphatic rings. The lowest BCUT2D eigenvalue weighted by molar-refractivity contribution is -0.141. The Morgan fingerprint density at radius 2 is 2.00 bits per heavy atom. The minimum absolute atomic E-state index is 0.163. The lowest BCUT2D eigenvalue weighted by Gasteiger charge is -2.47. The van der Waals surface area contributed by atoms with Crippen LogP contribution in [-0.2, 0) is 16.1 Å². The first-order valence-corrected chi connectivity index (χ1v) is 11.3. The van der Waals surface area contributed by atoms with Gasteiger partial charge in [-0.15, -0.1) is 0 Å². The average Bonchev–Trinajstić information content (AvgIpc) is 3.32. The number of ether oxygens (including phenoxy) is 1. The Kier molecular flexibility index (Phi) is 5.74. The Hall–Kier alpha value is -1.82. The van der Waals surface area contributed by atoms with Crippen LogP contribution in [0, 0.1) is 19.3 Å².